The minimum atomic E-state index is 0.420. The van der Waals surface area contributed by atoms with Crippen molar-refractivity contribution < 1.29 is 4.74 Å². The summed E-state index contributed by atoms with van der Waals surface area (Å²) in [5.74, 6) is 7.74. The first kappa shape index (κ1) is 14.0. The third kappa shape index (κ3) is 3.78. The average Bonchev–Trinajstić information content (AvgIpc) is 3.26. The van der Waals surface area contributed by atoms with Crippen molar-refractivity contribution in [3.63, 3.8) is 0 Å². The molecule has 2 rings (SSSR count). The van der Waals surface area contributed by atoms with Gasteiger partial charge in [-0.1, -0.05) is 6.92 Å². The number of rotatable bonds is 8. The molecule has 0 amide bonds. The molecule has 0 aliphatic heterocycles. The first-order valence-electron chi connectivity index (χ1n) is 6.97. The van der Waals surface area contributed by atoms with Gasteiger partial charge in [0.05, 0.1) is 0 Å². The zero-order valence-corrected chi connectivity index (χ0v) is 11.7. The Bertz CT molecular complexity index is 408. The van der Waals surface area contributed by atoms with Crippen molar-refractivity contribution in [3.05, 3.63) is 11.9 Å². The molecule has 1 aromatic heterocycles. The molecule has 19 heavy (non-hydrogen) atoms. The molecular formula is C13H23N5O. The zero-order valence-electron chi connectivity index (χ0n) is 11.7. The van der Waals surface area contributed by atoms with Gasteiger partial charge < -0.3 is 15.1 Å². The fraction of sp³-hybridized carbons (Fsp3) is 0.692. The van der Waals surface area contributed by atoms with Gasteiger partial charge in [-0.05, 0) is 26.2 Å². The molecule has 0 bridgehead atoms. The highest BCUT2D eigenvalue weighted by Gasteiger charge is 2.29. The smallest absolute Gasteiger partial charge is 0.158 e. The van der Waals surface area contributed by atoms with Gasteiger partial charge in [-0.25, -0.2) is 15.8 Å². The Balaban J connectivity index is 2.21. The molecule has 0 spiro atoms. The van der Waals surface area contributed by atoms with Crippen molar-refractivity contribution in [1.82, 2.24) is 9.97 Å². The Morgan fingerprint density at radius 2 is 2.21 bits per heavy atom. The van der Waals surface area contributed by atoms with Gasteiger partial charge in [-0.2, -0.15) is 0 Å². The molecule has 1 fully saturated rings. The summed E-state index contributed by atoms with van der Waals surface area (Å²) in [7, 11) is 0. The van der Waals surface area contributed by atoms with Crippen LogP contribution >= 0.6 is 0 Å². The van der Waals surface area contributed by atoms with Gasteiger partial charge in [0.25, 0.3) is 0 Å². The predicted molar refractivity (Wildman–Crippen MR) is 75.8 cm³/mol. The molecule has 0 atom stereocenters. The van der Waals surface area contributed by atoms with Crippen LogP contribution in [-0.2, 0) is 11.3 Å². The number of aromatic nitrogens is 2. The van der Waals surface area contributed by atoms with Gasteiger partial charge in [0.15, 0.2) is 5.82 Å². The number of hydrogen-bond donors (Lipinski definition) is 2. The predicted octanol–water partition coefficient (Wildman–Crippen LogP) is 1.68. The molecule has 6 nitrogen and oxygen atoms in total. The van der Waals surface area contributed by atoms with Gasteiger partial charge in [0.1, 0.15) is 18.2 Å². The van der Waals surface area contributed by atoms with Crippen molar-refractivity contribution in [2.24, 2.45) is 5.84 Å². The Morgan fingerprint density at radius 3 is 2.79 bits per heavy atom. The van der Waals surface area contributed by atoms with Gasteiger partial charge >= 0.3 is 0 Å². The lowest BCUT2D eigenvalue weighted by molar-refractivity contribution is 0.128. The maximum absolute atomic E-state index is 5.48. The molecule has 1 heterocycles. The van der Waals surface area contributed by atoms with Crippen LogP contribution in [-0.4, -0.2) is 29.2 Å². The second-order valence-electron chi connectivity index (χ2n) is 4.73. The number of hydrogen-bond acceptors (Lipinski definition) is 6. The Labute approximate surface area is 114 Å². The van der Waals surface area contributed by atoms with E-state index in [0.717, 1.165) is 18.8 Å². The molecule has 106 valence electrons. The van der Waals surface area contributed by atoms with Gasteiger partial charge in [0.2, 0.25) is 0 Å². The number of anilines is 2. The topological polar surface area (TPSA) is 76.3 Å². The molecule has 1 aromatic rings. The summed E-state index contributed by atoms with van der Waals surface area (Å²) in [6.45, 7) is 6.23. The molecule has 1 aliphatic carbocycles. The highest BCUT2D eigenvalue weighted by atomic mass is 16.5. The molecule has 1 saturated carbocycles. The van der Waals surface area contributed by atoms with Crippen LogP contribution in [0.2, 0.25) is 0 Å². The maximum Gasteiger partial charge on any atom is 0.158 e. The summed E-state index contributed by atoms with van der Waals surface area (Å²) in [4.78, 5) is 11.3. The van der Waals surface area contributed by atoms with Gasteiger partial charge in [-0.3, -0.25) is 0 Å². The van der Waals surface area contributed by atoms with E-state index in [4.69, 9.17) is 10.6 Å². The Morgan fingerprint density at radius 1 is 1.42 bits per heavy atom. The monoisotopic (exact) mass is 265 g/mol. The normalized spacial score (nSPS) is 14.5. The lowest BCUT2D eigenvalue weighted by Gasteiger charge is -2.23. The Hall–Kier alpha value is -1.40. The SMILES string of the molecule is CCCN(c1cc(NN)nc(COCC)n1)C1CC1. The molecule has 1 aliphatic rings. The zero-order chi connectivity index (χ0) is 13.7. The second kappa shape index (κ2) is 6.68. The largest absolute Gasteiger partial charge is 0.374 e. The lowest BCUT2D eigenvalue weighted by Crippen LogP contribution is -2.28. The highest BCUT2D eigenvalue weighted by molar-refractivity contribution is 5.50. The first-order valence-corrected chi connectivity index (χ1v) is 6.97. The third-order valence-corrected chi connectivity index (χ3v) is 3.09. The van der Waals surface area contributed by atoms with Crippen LogP contribution in [0.15, 0.2) is 6.07 Å². The summed E-state index contributed by atoms with van der Waals surface area (Å²) >= 11 is 0. The summed E-state index contributed by atoms with van der Waals surface area (Å²) in [5.41, 5.74) is 2.61. The van der Waals surface area contributed by atoms with Crippen LogP contribution in [0.25, 0.3) is 0 Å². The molecule has 3 N–H and O–H groups in total. The molecule has 0 radical (unpaired) electrons. The first-order chi connectivity index (χ1) is 9.28. The Kier molecular flexibility index (Phi) is 4.93. The number of nitrogens with zero attached hydrogens (tertiary/aromatic N) is 3. The molecule has 0 unspecified atom stereocenters. The number of nitrogen functional groups attached to an aromatic ring is 1. The maximum atomic E-state index is 5.48. The van der Waals surface area contributed by atoms with Crippen LogP contribution in [0.5, 0.6) is 0 Å². The molecule has 0 saturated heterocycles. The van der Waals surface area contributed by atoms with E-state index in [2.05, 4.69) is 27.2 Å². The van der Waals surface area contributed by atoms with Crippen LogP contribution in [0.4, 0.5) is 11.6 Å². The van der Waals surface area contributed by atoms with E-state index in [1.165, 1.54) is 12.8 Å². The van der Waals surface area contributed by atoms with Crippen molar-refractivity contribution in [1.29, 1.82) is 0 Å². The summed E-state index contributed by atoms with van der Waals surface area (Å²) in [6, 6.07) is 2.53. The van der Waals surface area contributed by atoms with Crippen molar-refractivity contribution in [2.45, 2.75) is 45.8 Å². The van der Waals surface area contributed by atoms with Crippen LogP contribution < -0.4 is 16.2 Å². The van der Waals surface area contributed by atoms with E-state index >= 15 is 0 Å². The van der Waals surface area contributed by atoms with Crippen LogP contribution in [0, 0.1) is 0 Å². The van der Waals surface area contributed by atoms with Crippen LogP contribution in [0.1, 0.15) is 38.9 Å². The quantitative estimate of drug-likeness (QED) is 0.550. The number of nitrogens with one attached hydrogen (secondary N) is 1. The van der Waals surface area contributed by atoms with Crippen molar-refractivity contribution in [3.8, 4) is 0 Å². The number of nitrogens with two attached hydrogens (primary N) is 1. The van der Waals surface area contributed by atoms with Gasteiger partial charge in [0, 0.05) is 25.3 Å². The van der Waals surface area contributed by atoms with E-state index < -0.39 is 0 Å². The van der Waals surface area contributed by atoms with E-state index in [1.807, 2.05) is 13.0 Å². The third-order valence-electron chi connectivity index (χ3n) is 3.09. The van der Waals surface area contributed by atoms with E-state index in [-0.39, 0.29) is 0 Å². The molecule has 0 aromatic carbocycles. The summed E-state index contributed by atoms with van der Waals surface area (Å²) in [5, 5.41) is 0. The summed E-state index contributed by atoms with van der Waals surface area (Å²) < 4.78 is 5.38. The van der Waals surface area contributed by atoms with Crippen molar-refractivity contribution in [2.75, 3.05) is 23.5 Å². The standard InChI is InChI=1S/C13H23N5O/c1-3-7-18(10-5-6-10)13-8-11(17-14)15-12(16-13)9-19-4-2/h8,10H,3-7,9,14H2,1-2H3,(H,15,16,17). The average molecular weight is 265 g/mol. The lowest BCUT2D eigenvalue weighted by atomic mass is 10.3. The number of hydrazine groups is 1. The van der Waals surface area contributed by atoms with Crippen molar-refractivity contribution >= 4 is 11.6 Å². The van der Waals surface area contributed by atoms with E-state index in [9.17, 15) is 0 Å². The fourth-order valence-electron chi connectivity index (χ4n) is 2.07. The highest BCUT2D eigenvalue weighted by Crippen LogP contribution is 2.31. The van der Waals surface area contributed by atoms with E-state index in [1.54, 1.807) is 0 Å². The molecular weight excluding hydrogens is 242 g/mol. The van der Waals surface area contributed by atoms with Gasteiger partial charge in [-0.15, -0.1) is 0 Å². The summed E-state index contributed by atoms with van der Waals surface area (Å²) in [6.07, 6.45) is 3.60. The molecule has 6 heteroatoms. The minimum absolute atomic E-state index is 0.420. The van der Waals surface area contributed by atoms with Crippen LogP contribution in [0.3, 0.4) is 0 Å². The fourth-order valence-corrected chi connectivity index (χ4v) is 2.07. The second-order valence-corrected chi connectivity index (χ2v) is 4.73. The minimum Gasteiger partial charge on any atom is -0.374 e. The number of ether oxygens (including phenoxy) is 1. The van der Waals surface area contributed by atoms with E-state index in [0.29, 0.717) is 30.9 Å².